The van der Waals surface area contributed by atoms with Crippen LogP contribution in [0.5, 0.6) is 0 Å². The van der Waals surface area contributed by atoms with Crippen molar-refractivity contribution in [2.75, 3.05) is 4.90 Å². The van der Waals surface area contributed by atoms with E-state index in [0.29, 0.717) is 11.1 Å². The smallest absolute Gasteiger partial charge is 0.422 e. The van der Waals surface area contributed by atoms with E-state index in [4.69, 9.17) is 27.6 Å². The Morgan fingerprint density at radius 2 is 1.50 bits per heavy atom. The minimum atomic E-state index is -1.71. The summed E-state index contributed by atoms with van der Waals surface area (Å²) >= 11 is 12.4. The number of anilines is 1. The Kier molecular flexibility index (Phi) is 4.94. The van der Waals surface area contributed by atoms with Gasteiger partial charge in [-0.25, -0.2) is 14.6 Å². The van der Waals surface area contributed by atoms with Crippen LogP contribution >= 0.6 is 23.2 Å². The highest BCUT2D eigenvalue weighted by Gasteiger charge is 2.37. The first-order valence-corrected chi connectivity index (χ1v) is 8.52. The molecule has 0 unspecified atom stereocenters. The summed E-state index contributed by atoms with van der Waals surface area (Å²) in [4.78, 5) is 27.5. The monoisotopic (exact) mass is 402 g/mol. The average Bonchev–Trinajstić information content (AvgIpc) is 2.72. The van der Waals surface area contributed by atoms with Crippen LogP contribution in [0.15, 0.2) is 4.42 Å². The van der Waals surface area contributed by atoms with Crippen molar-refractivity contribution in [3.63, 3.8) is 0 Å². The molecule has 0 aromatic carbocycles. The van der Waals surface area contributed by atoms with Crippen LogP contribution in [-0.4, -0.2) is 27.4 Å². The molecular formula is C17H20Cl2N2O5. The summed E-state index contributed by atoms with van der Waals surface area (Å²) in [5.41, 5.74) is 0.184. The number of imide groups is 1. The molecule has 7 nitrogen and oxygen atoms in total. The molecule has 0 aliphatic rings. The number of hydrogen-bond donors (Lipinski definition) is 2. The van der Waals surface area contributed by atoms with Crippen molar-refractivity contribution < 1.29 is 24.2 Å². The molecule has 2 rings (SSSR count). The van der Waals surface area contributed by atoms with Gasteiger partial charge in [0.1, 0.15) is 5.02 Å². The van der Waals surface area contributed by atoms with E-state index in [0.717, 1.165) is 5.56 Å². The van der Waals surface area contributed by atoms with Gasteiger partial charge in [-0.2, -0.15) is 4.90 Å². The molecule has 142 valence electrons. The number of aromatic nitrogens is 1. The number of pyridine rings is 1. The molecule has 0 fully saturated rings. The second kappa shape index (κ2) is 6.32. The van der Waals surface area contributed by atoms with Crippen LogP contribution < -0.4 is 4.90 Å². The summed E-state index contributed by atoms with van der Waals surface area (Å²) in [6.45, 7) is 11.5. The molecule has 0 atom stereocenters. The van der Waals surface area contributed by atoms with Crippen LogP contribution in [0, 0.1) is 0 Å². The molecule has 2 heterocycles. The zero-order chi connectivity index (χ0) is 20.2. The number of furan rings is 1. The normalized spacial score (nSPS) is 12.5. The fraction of sp³-hybridized carbons (Fsp3) is 0.471. The molecule has 26 heavy (non-hydrogen) atoms. The zero-order valence-electron chi connectivity index (χ0n) is 15.3. The first-order valence-electron chi connectivity index (χ1n) is 7.76. The number of rotatable bonds is 1. The van der Waals surface area contributed by atoms with Gasteiger partial charge in [-0.3, -0.25) is 0 Å². The Morgan fingerprint density at radius 3 is 1.88 bits per heavy atom. The van der Waals surface area contributed by atoms with Crippen LogP contribution in [0.4, 0.5) is 15.4 Å². The zero-order valence-corrected chi connectivity index (χ0v) is 16.8. The molecule has 2 N–H and O–H groups in total. The summed E-state index contributed by atoms with van der Waals surface area (Å²) in [7, 11) is 0. The van der Waals surface area contributed by atoms with Gasteiger partial charge >= 0.3 is 12.2 Å². The van der Waals surface area contributed by atoms with Gasteiger partial charge in [0.15, 0.2) is 11.4 Å². The summed E-state index contributed by atoms with van der Waals surface area (Å²) < 4.78 is 5.42. The van der Waals surface area contributed by atoms with Gasteiger partial charge in [-0.1, -0.05) is 53.1 Å². The number of carbonyl (C=O) groups is 2. The van der Waals surface area contributed by atoms with Crippen molar-refractivity contribution in [3.8, 4) is 0 Å². The number of amides is 2. The van der Waals surface area contributed by atoms with Gasteiger partial charge in [-0.15, -0.1) is 0 Å². The predicted molar refractivity (Wildman–Crippen MR) is 100.0 cm³/mol. The van der Waals surface area contributed by atoms with Gasteiger partial charge in [0.2, 0.25) is 5.22 Å². The lowest BCUT2D eigenvalue weighted by Crippen LogP contribution is -2.36. The molecule has 0 aliphatic heterocycles. The number of hydrogen-bond acceptors (Lipinski definition) is 4. The first kappa shape index (κ1) is 20.3. The van der Waals surface area contributed by atoms with Gasteiger partial charge in [0.05, 0.1) is 11.1 Å². The summed E-state index contributed by atoms with van der Waals surface area (Å²) in [6.07, 6.45) is -3.42. The second-order valence-corrected chi connectivity index (χ2v) is 8.67. The molecule has 0 spiro atoms. The fourth-order valence-electron chi connectivity index (χ4n) is 2.78. The van der Waals surface area contributed by atoms with E-state index < -0.39 is 23.0 Å². The topological polar surface area (TPSA) is 104 Å². The minimum absolute atomic E-state index is 0.0808. The number of carboxylic acid groups (broad SMARTS) is 2. The third-order valence-corrected chi connectivity index (χ3v) is 4.50. The second-order valence-electron chi connectivity index (χ2n) is 7.95. The molecule has 0 radical (unpaired) electrons. The average molecular weight is 403 g/mol. The quantitative estimate of drug-likeness (QED) is 0.615. The van der Waals surface area contributed by atoms with Crippen molar-refractivity contribution >= 4 is 52.2 Å². The molecule has 0 bridgehead atoms. The summed E-state index contributed by atoms with van der Waals surface area (Å²) in [5.74, 6) is -0.383. The third kappa shape index (κ3) is 3.33. The Balaban J connectivity index is 3.14. The molecule has 2 aromatic heterocycles. The summed E-state index contributed by atoms with van der Waals surface area (Å²) in [5, 5.41) is 19.0. The highest BCUT2D eigenvalue weighted by molar-refractivity contribution is 6.45. The Morgan fingerprint density at radius 1 is 1.00 bits per heavy atom. The lowest BCUT2D eigenvalue weighted by Gasteiger charge is -2.30. The molecular weight excluding hydrogens is 383 g/mol. The Bertz CT molecular complexity index is 893. The van der Waals surface area contributed by atoms with Crippen molar-refractivity contribution in [3.05, 3.63) is 21.5 Å². The molecule has 0 aliphatic carbocycles. The minimum Gasteiger partial charge on any atom is -0.464 e. The highest BCUT2D eigenvalue weighted by atomic mass is 35.5. The van der Waals surface area contributed by atoms with E-state index in [1.807, 2.05) is 41.5 Å². The van der Waals surface area contributed by atoms with Crippen molar-refractivity contribution in [2.45, 2.75) is 52.4 Å². The van der Waals surface area contributed by atoms with Gasteiger partial charge in [0.25, 0.3) is 0 Å². The van der Waals surface area contributed by atoms with Gasteiger partial charge < -0.3 is 14.6 Å². The van der Waals surface area contributed by atoms with E-state index in [9.17, 15) is 19.8 Å². The number of halogens is 2. The van der Waals surface area contributed by atoms with Gasteiger partial charge in [0, 0.05) is 5.41 Å². The third-order valence-electron chi connectivity index (χ3n) is 3.77. The number of nitrogens with zero attached hydrogens (tertiary/aromatic N) is 2. The molecule has 2 aromatic rings. The lowest BCUT2D eigenvalue weighted by atomic mass is 9.77. The fourth-order valence-corrected chi connectivity index (χ4v) is 3.17. The standard InChI is InChI=1S/C17H20Cl2N2O5/c1-16(2,3)8-7-9(18)12(19)26-10(7)13(20-11(8)17(4,5)6)21(14(22)23)15(24)25/h1-6H3,(H,22,23)(H,24,25). The van der Waals surface area contributed by atoms with Crippen molar-refractivity contribution in [1.82, 2.24) is 4.98 Å². The lowest BCUT2D eigenvalue weighted by molar-refractivity contribution is 0.184. The number of fused-ring (bicyclic) bond motifs is 1. The maximum Gasteiger partial charge on any atom is 0.422 e. The SMILES string of the molecule is CC(C)(C)c1nc(N(C(=O)O)C(=O)O)c2oc(Cl)c(Cl)c2c1C(C)(C)C. The van der Waals surface area contributed by atoms with Gasteiger partial charge in [-0.05, 0) is 22.6 Å². The summed E-state index contributed by atoms with van der Waals surface area (Å²) in [6, 6.07) is 0. The predicted octanol–water partition coefficient (Wildman–Crippen LogP) is 5.89. The molecule has 9 heteroatoms. The molecule has 0 saturated carbocycles. The molecule has 2 amide bonds. The van der Waals surface area contributed by atoms with E-state index >= 15 is 0 Å². The van der Waals surface area contributed by atoms with Crippen LogP contribution in [0.1, 0.15) is 52.8 Å². The van der Waals surface area contributed by atoms with Crippen LogP contribution in [-0.2, 0) is 10.8 Å². The maximum atomic E-state index is 11.5. The Labute approximate surface area is 160 Å². The van der Waals surface area contributed by atoms with E-state index in [1.54, 1.807) is 0 Å². The van der Waals surface area contributed by atoms with Crippen LogP contribution in [0.2, 0.25) is 10.2 Å². The first-order chi connectivity index (χ1) is 11.7. The van der Waals surface area contributed by atoms with Crippen molar-refractivity contribution in [2.24, 2.45) is 0 Å². The van der Waals surface area contributed by atoms with Crippen LogP contribution in [0.3, 0.4) is 0 Å². The highest BCUT2D eigenvalue weighted by Crippen LogP contribution is 2.47. The maximum absolute atomic E-state index is 11.5. The molecule has 0 saturated heterocycles. The largest absolute Gasteiger partial charge is 0.464 e. The van der Waals surface area contributed by atoms with E-state index in [1.165, 1.54) is 0 Å². The van der Waals surface area contributed by atoms with E-state index in [2.05, 4.69) is 4.98 Å². The van der Waals surface area contributed by atoms with Crippen molar-refractivity contribution in [1.29, 1.82) is 0 Å². The van der Waals surface area contributed by atoms with Crippen LogP contribution in [0.25, 0.3) is 11.0 Å². The Hall–Kier alpha value is -1.99. The van der Waals surface area contributed by atoms with E-state index in [-0.39, 0.29) is 26.5 Å².